The fraction of sp³-hybridized carbons (Fsp3) is 0.250. The predicted octanol–water partition coefficient (Wildman–Crippen LogP) is 0.539. The van der Waals surface area contributed by atoms with Crippen molar-refractivity contribution in [3.8, 4) is 17.2 Å². The number of phenolic OH excluding ortho intramolecular Hbond substituents is 2. The first-order valence-electron chi connectivity index (χ1n) is 8.65. The van der Waals surface area contributed by atoms with Crippen molar-refractivity contribution in [3.05, 3.63) is 53.6 Å². The molecule has 0 radical (unpaired) electrons. The number of carbonyl (C=O) groups is 1. The van der Waals surface area contributed by atoms with Gasteiger partial charge in [0.15, 0.2) is 6.10 Å². The molecule has 5 unspecified atom stereocenters. The summed E-state index contributed by atoms with van der Waals surface area (Å²) in [7, 11) is 0. The van der Waals surface area contributed by atoms with Crippen LogP contribution in [-0.2, 0) is 9.53 Å². The van der Waals surface area contributed by atoms with E-state index < -0.39 is 36.7 Å². The zero-order chi connectivity index (χ0) is 21.1. The zero-order valence-corrected chi connectivity index (χ0v) is 15.0. The number of rotatable bonds is 5. The summed E-state index contributed by atoms with van der Waals surface area (Å²) in [4.78, 5) is 11.2. The van der Waals surface area contributed by atoms with Gasteiger partial charge < -0.3 is 40.1 Å². The van der Waals surface area contributed by atoms with Crippen molar-refractivity contribution < 1.29 is 44.9 Å². The van der Waals surface area contributed by atoms with Gasteiger partial charge in [0, 0.05) is 6.07 Å². The highest BCUT2D eigenvalue weighted by molar-refractivity contribution is 5.73. The molecule has 0 amide bonds. The molecule has 0 bridgehead atoms. The molecular formula is C20H20O9. The Hall–Kier alpha value is -3.11. The van der Waals surface area contributed by atoms with Gasteiger partial charge in [0.2, 0.25) is 6.29 Å². The number of hydrogen-bond acceptors (Lipinski definition) is 8. The summed E-state index contributed by atoms with van der Waals surface area (Å²) in [6.45, 7) is 0. The van der Waals surface area contributed by atoms with E-state index in [0.717, 1.165) is 5.56 Å². The minimum absolute atomic E-state index is 0.0483. The van der Waals surface area contributed by atoms with Gasteiger partial charge in [0.25, 0.3) is 0 Å². The standard InChI is InChI=1S/C20H20O9/c21-12-5-3-10(4-6-12)1-2-11-7-13(22)9-14(8-11)28-20-17(25)15(23)16(24)18(29-20)19(26)27/h1-9,15-18,20-25H,(H,26,27). The molecule has 6 N–H and O–H groups in total. The number of ether oxygens (including phenoxy) is 2. The molecule has 0 aliphatic carbocycles. The van der Waals surface area contributed by atoms with Crippen LogP contribution in [0.5, 0.6) is 17.2 Å². The van der Waals surface area contributed by atoms with E-state index in [4.69, 9.17) is 14.6 Å². The Bertz CT molecular complexity index is 893. The molecule has 1 aliphatic rings. The van der Waals surface area contributed by atoms with E-state index in [0.29, 0.717) is 5.56 Å². The molecule has 1 fully saturated rings. The Kier molecular flexibility index (Phi) is 6.04. The number of carboxylic acids is 1. The summed E-state index contributed by atoms with van der Waals surface area (Å²) in [5.41, 5.74) is 1.31. The number of aromatic hydroxyl groups is 2. The summed E-state index contributed by atoms with van der Waals surface area (Å²) < 4.78 is 10.5. The van der Waals surface area contributed by atoms with Crippen LogP contribution in [0, 0.1) is 0 Å². The van der Waals surface area contributed by atoms with Gasteiger partial charge in [-0.05, 0) is 35.4 Å². The van der Waals surface area contributed by atoms with Crippen molar-refractivity contribution in [2.24, 2.45) is 0 Å². The molecule has 2 aromatic rings. The second-order valence-corrected chi connectivity index (χ2v) is 6.54. The Morgan fingerprint density at radius 3 is 2.17 bits per heavy atom. The fourth-order valence-corrected chi connectivity index (χ4v) is 2.83. The SMILES string of the molecule is O=C(O)C1OC(Oc2cc(O)cc(C=Cc3ccc(O)cc3)c2)C(O)C(O)C1O. The van der Waals surface area contributed by atoms with Gasteiger partial charge >= 0.3 is 5.97 Å². The van der Waals surface area contributed by atoms with Crippen LogP contribution < -0.4 is 4.74 Å². The van der Waals surface area contributed by atoms with Crippen molar-refractivity contribution >= 4 is 18.1 Å². The highest BCUT2D eigenvalue weighted by atomic mass is 16.7. The van der Waals surface area contributed by atoms with Gasteiger partial charge in [-0.25, -0.2) is 4.79 Å². The van der Waals surface area contributed by atoms with Crippen LogP contribution in [0.1, 0.15) is 11.1 Å². The maximum atomic E-state index is 11.2. The Labute approximate surface area is 165 Å². The van der Waals surface area contributed by atoms with Crippen molar-refractivity contribution in [3.63, 3.8) is 0 Å². The van der Waals surface area contributed by atoms with Crippen molar-refractivity contribution in [2.75, 3.05) is 0 Å². The zero-order valence-electron chi connectivity index (χ0n) is 15.0. The second-order valence-electron chi connectivity index (χ2n) is 6.54. The number of aliphatic carboxylic acids is 1. The highest BCUT2D eigenvalue weighted by Crippen LogP contribution is 2.28. The lowest BCUT2D eigenvalue weighted by Crippen LogP contribution is -2.61. The summed E-state index contributed by atoms with van der Waals surface area (Å²) >= 11 is 0. The first kappa shape index (κ1) is 20.6. The molecular weight excluding hydrogens is 384 g/mol. The normalized spacial score (nSPS) is 27.1. The predicted molar refractivity (Wildman–Crippen MR) is 100 cm³/mol. The van der Waals surface area contributed by atoms with Crippen LogP contribution in [0.15, 0.2) is 42.5 Å². The monoisotopic (exact) mass is 404 g/mol. The molecule has 0 spiro atoms. The maximum absolute atomic E-state index is 11.2. The molecule has 3 rings (SSSR count). The summed E-state index contributed by atoms with van der Waals surface area (Å²) in [5, 5.41) is 57.9. The van der Waals surface area contributed by atoms with Crippen molar-refractivity contribution in [2.45, 2.75) is 30.7 Å². The lowest BCUT2D eigenvalue weighted by molar-refractivity contribution is -0.271. The summed E-state index contributed by atoms with van der Waals surface area (Å²) in [6, 6.07) is 10.6. The van der Waals surface area contributed by atoms with Crippen LogP contribution in [0.25, 0.3) is 12.2 Å². The van der Waals surface area contributed by atoms with Crippen molar-refractivity contribution in [1.29, 1.82) is 0 Å². The van der Waals surface area contributed by atoms with E-state index in [1.54, 1.807) is 24.3 Å². The maximum Gasteiger partial charge on any atom is 0.335 e. The van der Waals surface area contributed by atoms with E-state index in [2.05, 4.69) is 0 Å². The number of hydrogen-bond donors (Lipinski definition) is 6. The van der Waals surface area contributed by atoms with Gasteiger partial charge in [0.1, 0.15) is 35.6 Å². The van der Waals surface area contributed by atoms with Crippen LogP contribution in [0.2, 0.25) is 0 Å². The Morgan fingerprint density at radius 1 is 0.862 bits per heavy atom. The number of aliphatic hydroxyl groups is 3. The highest BCUT2D eigenvalue weighted by Gasteiger charge is 2.48. The summed E-state index contributed by atoms with van der Waals surface area (Å²) in [6.07, 6.45) is -5.30. The number of carboxylic acid groups (broad SMARTS) is 1. The third-order valence-corrected chi connectivity index (χ3v) is 4.34. The fourth-order valence-electron chi connectivity index (χ4n) is 2.83. The van der Waals surface area contributed by atoms with Crippen molar-refractivity contribution in [1.82, 2.24) is 0 Å². The van der Waals surface area contributed by atoms with E-state index in [1.807, 2.05) is 0 Å². The van der Waals surface area contributed by atoms with Crippen LogP contribution >= 0.6 is 0 Å². The first-order chi connectivity index (χ1) is 13.7. The molecule has 1 saturated heterocycles. The quantitative estimate of drug-likeness (QED) is 0.391. The Morgan fingerprint density at radius 2 is 1.52 bits per heavy atom. The topological polar surface area (TPSA) is 157 Å². The van der Waals surface area contributed by atoms with E-state index in [-0.39, 0.29) is 17.2 Å². The van der Waals surface area contributed by atoms with Crippen LogP contribution in [0.3, 0.4) is 0 Å². The van der Waals surface area contributed by atoms with Gasteiger partial charge in [-0.15, -0.1) is 0 Å². The van der Waals surface area contributed by atoms with Gasteiger partial charge in [-0.3, -0.25) is 0 Å². The molecule has 0 aromatic heterocycles. The molecule has 0 saturated carbocycles. The molecule has 5 atom stereocenters. The number of aliphatic hydroxyl groups excluding tert-OH is 3. The van der Waals surface area contributed by atoms with E-state index in [1.165, 1.54) is 30.3 Å². The largest absolute Gasteiger partial charge is 0.508 e. The molecule has 1 heterocycles. The Balaban J connectivity index is 1.78. The average Bonchev–Trinajstić information content (AvgIpc) is 2.67. The molecule has 154 valence electrons. The second kappa shape index (κ2) is 8.50. The van der Waals surface area contributed by atoms with Gasteiger partial charge in [-0.2, -0.15) is 0 Å². The third-order valence-electron chi connectivity index (χ3n) is 4.34. The van der Waals surface area contributed by atoms with Crippen LogP contribution in [0.4, 0.5) is 0 Å². The third kappa shape index (κ3) is 4.84. The van der Waals surface area contributed by atoms with Crippen LogP contribution in [-0.4, -0.2) is 67.3 Å². The van der Waals surface area contributed by atoms with E-state index in [9.17, 15) is 30.3 Å². The minimum atomic E-state index is -1.82. The lowest BCUT2D eigenvalue weighted by Gasteiger charge is -2.38. The average molecular weight is 404 g/mol. The lowest BCUT2D eigenvalue weighted by atomic mass is 9.99. The smallest absolute Gasteiger partial charge is 0.335 e. The molecule has 9 nitrogen and oxygen atoms in total. The molecule has 1 aliphatic heterocycles. The molecule has 2 aromatic carbocycles. The summed E-state index contributed by atoms with van der Waals surface area (Å²) in [5.74, 6) is -1.50. The number of benzene rings is 2. The van der Waals surface area contributed by atoms with E-state index >= 15 is 0 Å². The molecule has 29 heavy (non-hydrogen) atoms. The first-order valence-corrected chi connectivity index (χ1v) is 8.65. The molecule has 9 heteroatoms. The van der Waals surface area contributed by atoms with Gasteiger partial charge in [-0.1, -0.05) is 24.3 Å². The minimum Gasteiger partial charge on any atom is -0.508 e. The number of phenols is 2. The van der Waals surface area contributed by atoms with Gasteiger partial charge in [0.05, 0.1) is 0 Å².